The van der Waals surface area contributed by atoms with Crippen LogP contribution in [0.4, 0.5) is 0 Å². The molecule has 0 saturated heterocycles. The predicted octanol–water partition coefficient (Wildman–Crippen LogP) is -0.676. The molecule has 0 aromatic carbocycles. The van der Waals surface area contributed by atoms with E-state index in [0.717, 1.165) is 24.3 Å². The maximum absolute atomic E-state index is 10.7. The summed E-state index contributed by atoms with van der Waals surface area (Å²) >= 11 is 0. The van der Waals surface area contributed by atoms with Gasteiger partial charge in [-0.2, -0.15) is 29.5 Å². The van der Waals surface area contributed by atoms with Gasteiger partial charge >= 0.3 is 10.1 Å². The van der Waals surface area contributed by atoms with Crippen molar-refractivity contribution < 1.29 is 13.0 Å². The second kappa shape index (κ2) is 3.72. The first kappa shape index (κ1) is 11.9. The molecule has 7 nitrogen and oxygen atoms in total. The first-order chi connectivity index (χ1) is 6.39. The van der Waals surface area contributed by atoms with Crippen LogP contribution >= 0.6 is 0 Å². The second-order valence-electron chi connectivity index (χ2n) is 2.13. The van der Waals surface area contributed by atoms with Crippen LogP contribution < -0.4 is 0 Å². The monoisotopic (exact) mass is 210 g/mol. The van der Waals surface area contributed by atoms with Gasteiger partial charge in [0.2, 0.25) is 0 Å². The summed E-state index contributed by atoms with van der Waals surface area (Å²) in [5.41, 5.74) is 0. The lowest BCUT2D eigenvalue weighted by atomic mass is 9.97. The van der Waals surface area contributed by atoms with Gasteiger partial charge in [-0.05, 0) is 0 Å². The van der Waals surface area contributed by atoms with Gasteiger partial charge in [0.05, 0.1) is 12.1 Å². The van der Waals surface area contributed by atoms with Crippen LogP contribution in [0.25, 0.3) is 0 Å². The summed E-state index contributed by atoms with van der Waals surface area (Å²) in [6, 6.07) is 4.24. The highest BCUT2D eigenvalue weighted by Crippen LogP contribution is 2.24. The molecule has 0 spiro atoms. The molecule has 0 rings (SSSR count). The van der Waals surface area contributed by atoms with E-state index in [1.807, 2.05) is 0 Å². The molecule has 0 bridgehead atoms. The Morgan fingerprint density at radius 1 is 1.07 bits per heavy atom. The fourth-order valence-electron chi connectivity index (χ4n) is 0.629. The van der Waals surface area contributed by atoms with Crippen molar-refractivity contribution in [2.75, 3.05) is 0 Å². The van der Waals surface area contributed by atoms with Gasteiger partial charge in [0.15, 0.2) is 5.92 Å². The van der Waals surface area contributed by atoms with Crippen LogP contribution in [-0.4, -0.2) is 17.7 Å². The summed E-state index contributed by atoms with van der Waals surface area (Å²) in [5.74, 6) is -2.06. The molecule has 0 fully saturated rings. The van der Waals surface area contributed by atoms with Crippen LogP contribution in [0, 0.1) is 51.2 Å². The highest BCUT2D eigenvalue weighted by atomic mass is 32.2. The second-order valence-corrected chi connectivity index (χ2v) is 3.72. The van der Waals surface area contributed by atoms with Crippen LogP contribution in [0.3, 0.4) is 0 Å². The molecule has 0 aromatic rings. The highest BCUT2D eigenvalue weighted by molar-refractivity contribution is 7.87. The SMILES string of the molecule is N#CC(C#N)C(C#N)(C#N)S(=O)(=O)O. The minimum absolute atomic E-state index is 0.963. The van der Waals surface area contributed by atoms with E-state index in [0.29, 0.717) is 0 Å². The summed E-state index contributed by atoms with van der Waals surface area (Å²) in [6.07, 6.45) is 0. The molecule has 0 aliphatic heterocycles. The number of nitrogens with zero attached hydrogens (tertiary/aromatic N) is 4. The maximum atomic E-state index is 10.7. The average Bonchev–Trinajstić information content (AvgIpc) is 2.12. The van der Waals surface area contributed by atoms with Gasteiger partial charge in [0.1, 0.15) is 12.1 Å². The van der Waals surface area contributed by atoms with Crippen molar-refractivity contribution in [3.05, 3.63) is 0 Å². The molecule has 0 radical (unpaired) electrons. The van der Waals surface area contributed by atoms with Gasteiger partial charge in [-0.3, -0.25) is 4.55 Å². The average molecular weight is 210 g/mol. The number of hydrogen-bond donors (Lipinski definition) is 1. The van der Waals surface area contributed by atoms with Crippen LogP contribution in [0.15, 0.2) is 0 Å². The van der Waals surface area contributed by atoms with Gasteiger partial charge < -0.3 is 0 Å². The van der Waals surface area contributed by atoms with Gasteiger partial charge in [-0.25, -0.2) is 0 Å². The summed E-state index contributed by atoms with van der Waals surface area (Å²) < 4.78 is 26.9. The van der Waals surface area contributed by atoms with Crippen molar-refractivity contribution in [1.29, 1.82) is 21.0 Å². The molecule has 0 aliphatic rings. The molecule has 0 unspecified atom stereocenters. The van der Waals surface area contributed by atoms with E-state index < -0.39 is 20.8 Å². The molecule has 0 aliphatic carbocycles. The van der Waals surface area contributed by atoms with E-state index in [2.05, 4.69) is 0 Å². The van der Waals surface area contributed by atoms with E-state index in [1.165, 1.54) is 0 Å². The molecule has 0 amide bonds. The highest BCUT2D eigenvalue weighted by Gasteiger charge is 2.52. The lowest BCUT2D eigenvalue weighted by molar-refractivity contribution is 0.456. The van der Waals surface area contributed by atoms with E-state index in [1.54, 1.807) is 0 Å². The van der Waals surface area contributed by atoms with Crippen LogP contribution in [0.5, 0.6) is 0 Å². The standard InChI is InChI=1S/C6H2N4O3S/c7-1-5(2-8)6(3-9,4-10)14(11,12)13/h5H,(H,11,12,13). The Morgan fingerprint density at radius 2 is 1.43 bits per heavy atom. The third-order valence-corrected chi connectivity index (χ3v) is 2.64. The van der Waals surface area contributed by atoms with E-state index in [-0.39, 0.29) is 0 Å². The first-order valence-electron chi connectivity index (χ1n) is 2.98. The molecule has 1 N–H and O–H groups in total. The van der Waals surface area contributed by atoms with Gasteiger partial charge in [-0.15, -0.1) is 0 Å². The van der Waals surface area contributed by atoms with Crippen LogP contribution in [-0.2, 0) is 10.1 Å². The van der Waals surface area contributed by atoms with E-state index in [9.17, 15) is 8.42 Å². The fourth-order valence-corrected chi connectivity index (χ4v) is 1.26. The molecular weight excluding hydrogens is 208 g/mol. The Balaban J connectivity index is 5.92. The van der Waals surface area contributed by atoms with Crippen molar-refractivity contribution in [3.63, 3.8) is 0 Å². The van der Waals surface area contributed by atoms with Gasteiger partial charge in [0, 0.05) is 0 Å². The molecular formula is C6H2N4O3S. The third kappa shape index (κ3) is 1.48. The Labute approximate surface area is 79.8 Å². The largest absolute Gasteiger partial charge is 0.300 e. The van der Waals surface area contributed by atoms with E-state index in [4.69, 9.17) is 25.6 Å². The number of nitriles is 4. The Kier molecular flexibility index (Phi) is 3.15. The summed E-state index contributed by atoms with van der Waals surface area (Å²) in [6.45, 7) is 0. The molecule has 14 heavy (non-hydrogen) atoms. The van der Waals surface area contributed by atoms with Crippen LogP contribution in [0.2, 0.25) is 0 Å². The van der Waals surface area contributed by atoms with Crippen molar-refractivity contribution >= 4 is 10.1 Å². The normalized spacial score (nSPS) is 10.7. The quantitative estimate of drug-likeness (QED) is 0.593. The summed E-state index contributed by atoms with van der Waals surface area (Å²) in [5, 5.41) is 33.5. The lowest BCUT2D eigenvalue weighted by Gasteiger charge is -2.14. The zero-order valence-electron chi connectivity index (χ0n) is 6.54. The van der Waals surface area contributed by atoms with Gasteiger partial charge in [-0.1, -0.05) is 0 Å². The third-order valence-electron chi connectivity index (χ3n) is 1.40. The Morgan fingerprint density at radius 3 is 1.50 bits per heavy atom. The zero-order chi connectivity index (χ0) is 11.4. The van der Waals surface area contributed by atoms with Gasteiger partial charge in [0.25, 0.3) is 4.75 Å². The van der Waals surface area contributed by atoms with E-state index >= 15 is 0 Å². The maximum Gasteiger partial charge on any atom is 0.300 e. The molecule has 0 heterocycles. The fraction of sp³-hybridized carbons (Fsp3) is 0.333. The number of rotatable bonds is 2. The topological polar surface area (TPSA) is 150 Å². The molecule has 8 heteroatoms. The first-order valence-corrected chi connectivity index (χ1v) is 4.42. The van der Waals surface area contributed by atoms with Crippen molar-refractivity contribution in [2.24, 2.45) is 5.92 Å². The smallest absolute Gasteiger partial charge is 0.283 e. The lowest BCUT2D eigenvalue weighted by Crippen LogP contribution is -2.41. The van der Waals surface area contributed by atoms with Crippen molar-refractivity contribution in [2.45, 2.75) is 4.75 Å². The molecule has 0 atom stereocenters. The molecule has 70 valence electrons. The van der Waals surface area contributed by atoms with Crippen molar-refractivity contribution in [1.82, 2.24) is 0 Å². The van der Waals surface area contributed by atoms with Crippen LogP contribution in [0.1, 0.15) is 0 Å². The number of hydrogen-bond acceptors (Lipinski definition) is 6. The summed E-state index contributed by atoms with van der Waals surface area (Å²) in [4.78, 5) is 0. The molecule has 0 saturated carbocycles. The predicted molar refractivity (Wildman–Crippen MR) is 40.2 cm³/mol. The van der Waals surface area contributed by atoms with Crippen molar-refractivity contribution in [3.8, 4) is 24.3 Å². The minimum Gasteiger partial charge on any atom is -0.283 e. The zero-order valence-corrected chi connectivity index (χ0v) is 7.35. The Bertz CT molecular complexity index is 467. The minimum atomic E-state index is -5.12. The Hall–Kier alpha value is -2.13. The molecule has 0 aromatic heterocycles. The summed E-state index contributed by atoms with van der Waals surface area (Å²) in [7, 11) is -5.12.